The Bertz CT molecular complexity index is 1050. The van der Waals surface area contributed by atoms with Gasteiger partial charge in [-0.15, -0.1) is 0 Å². The average Bonchev–Trinajstić information content (AvgIpc) is 3.08. The van der Waals surface area contributed by atoms with Gasteiger partial charge in [0, 0.05) is 25.2 Å². The molecule has 0 aliphatic heterocycles. The number of nitrogens with zero attached hydrogens (tertiary/aromatic N) is 2. The number of aryl methyl sites for hydroxylation is 1. The van der Waals surface area contributed by atoms with Crippen LogP contribution in [0.3, 0.4) is 0 Å². The van der Waals surface area contributed by atoms with Crippen LogP contribution in [0.5, 0.6) is 0 Å². The minimum Gasteiger partial charge on any atom is -0.315 e. The van der Waals surface area contributed by atoms with Gasteiger partial charge in [-0.25, -0.2) is 0 Å². The number of hydrogen-bond donors (Lipinski definition) is 1. The summed E-state index contributed by atoms with van der Waals surface area (Å²) in [5.41, 5.74) is 7.06. The van der Waals surface area contributed by atoms with E-state index in [-0.39, 0.29) is 0 Å². The predicted molar refractivity (Wildman–Crippen MR) is 113 cm³/mol. The summed E-state index contributed by atoms with van der Waals surface area (Å²) < 4.78 is 0. The van der Waals surface area contributed by atoms with Crippen LogP contribution in [0.2, 0.25) is 0 Å². The van der Waals surface area contributed by atoms with Crippen LogP contribution in [0.1, 0.15) is 22.3 Å². The van der Waals surface area contributed by atoms with Gasteiger partial charge in [0.1, 0.15) is 0 Å². The van der Waals surface area contributed by atoms with E-state index in [1.165, 1.54) is 33.0 Å². The Kier molecular flexibility index (Phi) is 3.80. The molecular weight excluding hydrogens is 318 g/mol. The Hall–Kier alpha value is -3.07. The number of nitrogens with one attached hydrogen (secondary N) is 1. The van der Waals surface area contributed by atoms with Crippen molar-refractivity contribution < 1.29 is 0 Å². The Morgan fingerprint density at radius 3 is 2.19 bits per heavy atom. The van der Waals surface area contributed by atoms with Crippen LogP contribution in [-0.2, 0) is 0 Å². The quantitative estimate of drug-likeness (QED) is 0.388. The maximum atomic E-state index is 8.78. The Morgan fingerprint density at radius 1 is 0.769 bits per heavy atom. The number of rotatable bonds is 2. The van der Waals surface area contributed by atoms with Gasteiger partial charge in [0.15, 0.2) is 0 Å². The second-order valence-corrected chi connectivity index (χ2v) is 6.94. The van der Waals surface area contributed by atoms with E-state index in [0.717, 1.165) is 11.4 Å². The summed E-state index contributed by atoms with van der Waals surface area (Å²) >= 11 is 0. The maximum Gasteiger partial charge on any atom is 0.202 e. The zero-order valence-corrected chi connectivity index (χ0v) is 15.7. The smallest absolute Gasteiger partial charge is 0.202 e. The molecule has 1 aliphatic rings. The van der Waals surface area contributed by atoms with E-state index in [0.29, 0.717) is 5.96 Å². The van der Waals surface area contributed by atoms with Gasteiger partial charge in [0.25, 0.3) is 0 Å². The highest BCUT2D eigenvalue weighted by Gasteiger charge is 2.19. The van der Waals surface area contributed by atoms with Crippen LogP contribution in [0.4, 0.5) is 11.4 Å². The van der Waals surface area contributed by atoms with Crippen LogP contribution in [-0.4, -0.2) is 20.1 Å². The third-order valence-electron chi connectivity index (χ3n) is 5.46. The van der Waals surface area contributed by atoms with Crippen molar-refractivity contribution in [3.63, 3.8) is 0 Å². The first kappa shape index (κ1) is 16.4. The highest BCUT2D eigenvalue weighted by Crippen LogP contribution is 2.37. The molecule has 3 nitrogen and oxygen atoms in total. The summed E-state index contributed by atoms with van der Waals surface area (Å²) in [7, 11) is 3.93. The molecule has 0 fully saturated rings. The predicted octanol–water partition coefficient (Wildman–Crippen LogP) is 5.45. The van der Waals surface area contributed by atoms with Gasteiger partial charge in [0.05, 0.1) is 5.69 Å². The third kappa shape index (κ3) is 2.39. The molecule has 4 rings (SSSR count). The standard InChI is InChI=1S/C23H23N3/c1-15-7-5-10-20(16(15)2)25(3)23(24)26(4)21-14-13-18-12-11-17-8-6-9-19(21)22(17)18/h5-14,24H,1-4H3. The third-order valence-corrected chi connectivity index (χ3v) is 5.46. The first-order chi connectivity index (χ1) is 12.5. The maximum absolute atomic E-state index is 8.78. The molecule has 0 aromatic heterocycles. The molecule has 3 aromatic rings. The van der Waals surface area contributed by atoms with Crippen LogP contribution in [0.25, 0.3) is 22.9 Å². The molecule has 0 spiro atoms. The molecule has 0 heterocycles. The van der Waals surface area contributed by atoms with Crippen molar-refractivity contribution >= 4 is 40.3 Å². The van der Waals surface area contributed by atoms with Gasteiger partial charge in [0.2, 0.25) is 5.96 Å². The molecule has 0 amide bonds. The Balaban J connectivity index is 1.75. The van der Waals surface area contributed by atoms with Crippen molar-refractivity contribution in [2.24, 2.45) is 0 Å². The largest absolute Gasteiger partial charge is 0.315 e. The fourth-order valence-corrected chi connectivity index (χ4v) is 3.75. The first-order valence-corrected chi connectivity index (χ1v) is 8.85. The molecule has 1 aliphatic carbocycles. The van der Waals surface area contributed by atoms with Gasteiger partial charge in [-0.1, -0.05) is 48.6 Å². The lowest BCUT2D eigenvalue weighted by Crippen LogP contribution is -2.40. The first-order valence-electron chi connectivity index (χ1n) is 8.85. The number of guanidine groups is 1. The van der Waals surface area contributed by atoms with Crippen LogP contribution >= 0.6 is 0 Å². The highest BCUT2D eigenvalue weighted by molar-refractivity contribution is 6.14. The second kappa shape index (κ2) is 6.03. The molecule has 1 N–H and O–H groups in total. The van der Waals surface area contributed by atoms with Crippen molar-refractivity contribution in [3.05, 3.63) is 70.8 Å². The minimum absolute atomic E-state index is 0.449. The molecule has 26 heavy (non-hydrogen) atoms. The molecule has 3 heteroatoms. The summed E-state index contributed by atoms with van der Waals surface area (Å²) in [5.74, 6) is 0.449. The van der Waals surface area contributed by atoms with Crippen LogP contribution < -0.4 is 9.80 Å². The summed E-state index contributed by atoms with van der Waals surface area (Å²) in [6.45, 7) is 4.22. The lowest BCUT2D eigenvalue weighted by Gasteiger charge is -2.30. The number of anilines is 2. The van der Waals surface area contributed by atoms with E-state index in [9.17, 15) is 0 Å². The van der Waals surface area contributed by atoms with E-state index >= 15 is 0 Å². The average molecular weight is 341 g/mol. The Labute approximate surface area is 154 Å². The van der Waals surface area contributed by atoms with Crippen molar-refractivity contribution in [2.45, 2.75) is 13.8 Å². The fourth-order valence-electron chi connectivity index (χ4n) is 3.75. The lowest BCUT2D eigenvalue weighted by molar-refractivity contribution is 1.11. The molecule has 0 radical (unpaired) electrons. The van der Waals surface area contributed by atoms with E-state index in [1.54, 1.807) is 0 Å². The fraction of sp³-hybridized carbons (Fsp3) is 0.174. The van der Waals surface area contributed by atoms with Crippen molar-refractivity contribution in [1.29, 1.82) is 5.41 Å². The SMILES string of the molecule is Cc1cccc(N(C)C(=N)N(C)c2ccc3c4c(cccc24)C=C3)c1C. The zero-order valence-electron chi connectivity index (χ0n) is 15.7. The van der Waals surface area contributed by atoms with Crippen molar-refractivity contribution in [1.82, 2.24) is 0 Å². The van der Waals surface area contributed by atoms with Crippen LogP contribution in [0, 0.1) is 19.3 Å². The van der Waals surface area contributed by atoms with Gasteiger partial charge < -0.3 is 9.80 Å². The normalized spacial score (nSPS) is 11.8. The number of hydrogen-bond acceptors (Lipinski definition) is 1. The zero-order chi connectivity index (χ0) is 18.4. The van der Waals surface area contributed by atoms with Crippen molar-refractivity contribution in [3.8, 4) is 0 Å². The van der Waals surface area contributed by atoms with Gasteiger partial charge in [-0.05, 0) is 53.6 Å². The van der Waals surface area contributed by atoms with E-state index in [1.807, 2.05) is 30.0 Å². The monoisotopic (exact) mass is 341 g/mol. The Morgan fingerprint density at radius 2 is 1.42 bits per heavy atom. The summed E-state index contributed by atoms with van der Waals surface area (Å²) in [6.07, 6.45) is 4.32. The highest BCUT2D eigenvalue weighted by atomic mass is 15.3. The van der Waals surface area contributed by atoms with Gasteiger partial charge in [-0.3, -0.25) is 5.41 Å². The van der Waals surface area contributed by atoms with Crippen molar-refractivity contribution in [2.75, 3.05) is 23.9 Å². The molecule has 130 valence electrons. The van der Waals surface area contributed by atoms with Gasteiger partial charge in [-0.2, -0.15) is 0 Å². The molecule has 3 aromatic carbocycles. The molecule has 0 saturated heterocycles. The second-order valence-electron chi connectivity index (χ2n) is 6.94. The van der Waals surface area contributed by atoms with Gasteiger partial charge >= 0.3 is 0 Å². The van der Waals surface area contributed by atoms with E-state index in [2.05, 4.69) is 68.5 Å². The van der Waals surface area contributed by atoms with E-state index in [4.69, 9.17) is 5.41 Å². The summed E-state index contributed by atoms with van der Waals surface area (Å²) in [5, 5.41) is 11.2. The van der Waals surface area contributed by atoms with Crippen LogP contribution in [0.15, 0.2) is 48.5 Å². The summed E-state index contributed by atoms with van der Waals surface area (Å²) in [6, 6.07) is 16.9. The molecule has 0 saturated carbocycles. The number of benzene rings is 3. The molecule has 0 atom stereocenters. The molecule has 0 bridgehead atoms. The molecule has 0 unspecified atom stereocenters. The summed E-state index contributed by atoms with van der Waals surface area (Å²) in [4.78, 5) is 3.91. The minimum atomic E-state index is 0.449. The van der Waals surface area contributed by atoms with E-state index < -0.39 is 0 Å². The molecular formula is C23H23N3. The topological polar surface area (TPSA) is 30.3 Å². The lowest BCUT2D eigenvalue weighted by atomic mass is 10.0.